The summed E-state index contributed by atoms with van der Waals surface area (Å²) in [5.41, 5.74) is 0. The monoisotopic (exact) mass is 304 g/mol. The van der Waals surface area contributed by atoms with Crippen LogP contribution in [0.25, 0.3) is 0 Å². The fourth-order valence-electron chi connectivity index (χ4n) is 0. The van der Waals surface area contributed by atoms with Gasteiger partial charge in [-0.1, -0.05) is 0 Å². The van der Waals surface area contributed by atoms with Crippen LogP contribution in [0.3, 0.4) is 0 Å². The Bertz CT molecular complexity index is 215. The van der Waals surface area contributed by atoms with E-state index in [0.717, 1.165) is 0 Å². The Balaban J connectivity index is -0.000000107. The van der Waals surface area contributed by atoms with Crippen molar-refractivity contribution in [3.8, 4) is 0 Å². The first-order valence-electron chi connectivity index (χ1n) is 1.82. The molecular weight excluding hydrogens is 297 g/mol. The van der Waals surface area contributed by atoms with Crippen LogP contribution in [-0.2, 0) is 47.5 Å². The van der Waals surface area contributed by atoms with E-state index in [1.54, 1.807) is 0 Å². The molecule has 0 saturated heterocycles. The van der Waals surface area contributed by atoms with Crippen LogP contribution in [0.15, 0.2) is 0 Å². The second-order valence-electron chi connectivity index (χ2n) is 1.41. The average Bonchev–Trinajstić information content (AvgIpc) is 1.12. The third-order valence-electron chi connectivity index (χ3n) is 0. The Kier molecular flexibility index (Phi) is 10.1. The summed E-state index contributed by atoms with van der Waals surface area (Å²) < 4.78 is 54.5. The maximum absolute atomic E-state index is 9.08. The fraction of sp³-hybridized carbons (Fsp3) is 1.00. The molecule has 0 saturated carbocycles. The van der Waals surface area contributed by atoms with E-state index in [9.17, 15) is 0 Å². The van der Waals surface area contributed by atoms with Crippen LogP contribution >= 0.6 is 0 Å². The molecule has 11 heavy (non-hydrogen) atoms. The van der Waals surface area contributed by atoms with E-state index in [2.05, 4.69) is 0 Å². The summed E-state index contributed by atoms with van der Waals surface area (Å²) in [6, 6.07) is 0. The largest absolute Gasteiger partial charge is 2.00 e. The van der Waals surface area contributed by atoms with Crippen molar-refractivity contribution in [1.29, 1.82) is 0 Å². The molecule has 0 aliphatic heterocycles. The number of rotatable bonds is 0. The Morgan fingerprint density at radius 1 is 0.818 bits per heavy atom. The molecule has 64 valence electrons. The van der Waals surface area contributed by atoms with Crippen molar-refractivity contribution in [3.63, 3.8) is 0 Å². The molecule has 6 nitrogen and oxygen atoms in total. The van der Waals surface area contributed by atoms with Gasteiger partial charge in [0, 0.05) is 12.5 Å². The molecule has 0 atom stereocenters. The van der Waals surface area contributed by atoms with E-state index < -0.39 is 20.2 Å². The van der Waals surface area contributed by atoms with E-state index in [0.29, 0.717) is 12.5 Å². The standard InChI is InChI=1S/2CH4O3S.Cd/c2*1-5(2,3)4;/h2*1H3,(H,2,3,4);/q;;+2/p-2. The topological polar surface area (TPSA) is 114 Å². The average molecular weight is 303 g/mol. The fourth-order valence-corrected chi connectivity index (χ4v) is 0. The molecule has 0 aliphatic carbocycles. The molecule has 0 bridgehead atoms. The van der Waals surface area contributed by atoms with E-state index in [-0.39, 0.29) is 27.3 Å². The molecule has 9 heteroatoms. The van der Waals surface area contributed by atoms with E-state index in [1.165, 1.54) is 0 Å². The summed E-state index contributed by atoms with van der Waals surface area (Å²) in [5, 5.41) is 0. The number of hydrogen-bond donors (Lipinski definition) is 0. The van der Waals surface area contributed by atoms with Crippen LogP contribution in [0.2, 0.25) is 0 Å². The molecule has 0 aliphatic rings. The molecular formula is C2H6CdO6S2. The summed E-state index contributed by atoms with van der Waals surface area (Å²) in [6.45, 7) is 0. The summed E-state index contributed by atoms with van der Waals surface area (Å²) in [4.78, 5) is 0. The van der Waals surface area contributed by atoms with Crippen molar-refractivity contribution in [2.24, 2.45) is 0 Å². The summed E-state index contributed by atoms with van der Waals surface area (Å²) in [5.74, 6) is 0. The van der Waals surface area contributed by atoms with Crippen molar-refractivity contribution in [1.82, 2.24) is 0 Å². The number of hydrogen-bond acceptors (Lipinski definition) is 6. The van der Waals surface area contributed by atoms with Crippen molar-refractivity contribution < 1.29 is 53.2 Å². The van der Waals surface area contributed by atoms with Crippen LogP contribution in [0.1, 0.15) is 0 Å². The Morgan fingerprint density at radius 3 is 0.818 bits per heavy atom. The summed E-state index contributed by atoms with van der Waals surface area (Å²) in [7, 11) is -7.83. The maximum atomic E-state index is 9.08. The Morgan fingerprint density at radius 2 is 0.818 bits per heavy atom. The van der Waals surface area contributed by atoms with Crippen LogP contribution in [0.5, 0.6) is 0 Å². The van der Waals surface area contributed by atoms with Crippen molar-refractivity contribution in [2.45, 2.75) is 0 Å². The second-order valence-corrected chi connectivity index (χ2v) is 4.22. The molecule has 0 aromatic heterocycles. The Hall–Kier alpha value is 0.742. The SMILES string of the molecule is CS(=O)(=O)[O-].CS(=O)(=O)[O-].[Cd+2]. The molecule has 0 radical (unpaired) electrons. The molecule has 0 unspecified atom stereocenters. The molecule has 0 amide bonds. The molecule has 0 heterocycles. The van der Waals surface area contributed by atoms with Gasteiger partial charge in [-0.15, -0.1) is 0 Å². The molecule has 0 aromatic carbocycles. The van der Waals surface area contributed by atoms with Gasteiger partial charge in [-0.05, 0) is 0 Å². The zero-order valence-electron chi connectivity index (χ0n) is 5.97. The minimum Gasteiger partial charge on any atom is -0.748 e. The van der Waals surface area contributed by atoms with Gasteiger partial charge in [-0.2, -0.15) is 0 Å². The first-order chi connectivity index (χ1) is 4.00. The quantitative estimate of drug-likeness (QED) is 0.390. The zero-order valence-corrected chi connectivity index (χ0v) is 11.6. The van der Waals surface area contributed by atoms with Crippen LogP contribution in [-0.4, -0.2) is 38.5 Å². The minimum absolute atomic E-state index is 0. The smallest absolute Gasteiger partial charge is 0.748 e. The van der Waals surface area contributed by atoms with Crippen LogP contribution in [0, 0.1) is 0 Å². The minimum atomic E-state index is -3.92. The van der Waals surface area contributed by atoms with Gasteiger partial charge >= 0.3 is 27.3 Å². The molecule has 0 rings (SSSR count). The molecule has 0 spiro atoms. The third kappa shape index (κ3) is 1490. The first-order valence-corrected chi connectivity index (χ1v) is 5.45. The summed E-state index contributed by atoms with van der Waals surface area (Å²) in [6.07, 6.45) is 1.21. The second kappa shape index (κ2) is 6.28. The van der Waals surface area contributed by atoms with Crippen molar-refractivity contribution >= 4 is 20.2 Å². The predicted molar refractivity (Wildman–Crippen MR) is 31.2 cm³/mol. The van der Waals surface area contributed by atoms with E-state index >= 15 is 0 Å². The Labute approximate surface area is 85.6 Å². The van der Waals surface area contributed by atoms with Gasteiger partial charge in [-0.25, -0.2) is 16.8 Å². The maximum Gasteiger partial charge on any atom is 2.00 e. The van der Waals surface area contributed by atoms with Gasteiger partial charge in [-0.3, -0.25) is 0 Å². The molecule has 0 N–H and O–H groups in total. The van der Waals surface area contributed by atoms with Gasteiger partial charge in [0.05, 0.1) is 20.2 Å². The van der Waals surface area contributed by atoms with Gasteiger partial charge in [0.25, 0.3) is 0 Å². The predicted octanol–water partition coefficient (Wildman–Crippen LogP) is -1.68. The zero-order chi connectivity index (χ0) is 9.00. The normalized spacial score (nSPS) is 10.5. The van der Waals surface area contributed by atoms with Crippen LogP contribution in [0.4, 0.5) is 0 Å². The van der Waals surface area contributed by atoms with E-state index in [1.807, 2.05) is 0 Å². The van der Waals surface area contributed by atoms with Gasteiger partial charge in [0.15, 0.2) is 0 Å². The molecule has 0 aromatic rings. The van der Waals surface area contributed by atoms with Crippen molar-refractivity contribution in [3.05, 3.63) is 0 Å². The van der Waals surface area contributed by atoms with Gasteiger partial charge in [0.2, 0.25) is 0 Å². The van der Waals surface area contributed by atoms with Crippen LogP contribution < -0.4 is 0 Å². The van der Waals surface area contributed by atoms with Crippen molar-refractivity contribution in [2.75, 3.05) is 12.5 Å². The third-order valence-corrected chi connectivity index (χ3v) is 0. The molecule has 0 fully saturated rings. The van der Waals surface area contributed by atoms with Gasteiger partial charge < -0.3 is 9.11 Å². The van der Waals surface area contributed by atoms with Gasteiger partial charge in [0.1, 0.15) is 0 Å². The first kappa shape index (κ1) is 17.7. The van der Waals surface area contributed by atoms with E-state index in [4.69, 9.17) is 25.9 Å². The summed E-state index contributed by atoms with van der Waals surface area (Å²) >= 11 is 0.